The molecule has 9 nitrogen and oxygen atoms in total. The molecular weight excluding hydrogens is 458 g/mol. The molecule has 1 N–H and O–H groups in total. The van der Waals surface area contributed by atoms with Crippen LogP contribution in [-0.2, 0) is 11.3 Å². The van der Waals surface area contributed by atoms with Crippen LogP contribution in [0.1, 0.15) is 19.3 Å². The molecule has 3 aromatic heterocycles. The first-order chi connectivity index (χ1) is 16.2. The standard InChI is InChI=1S/C22H25N7O2S2/c1-32-21-26-19(28-10-5-2-6-11-28)15-13-24-29(20(15)27-21)12-9-23-18(30)14-33-22-25-16-7-3-4-8-17(16)31-22/h3-4,7-8,13H,2,5-6,9-12,14H2,1H3,(H,23,30). The third-order valence-electron chi connectivity index (χ3n) is 5.54. The zero-order chi connectivity index (χ0) is 22.6. The molecule has 1 fully saturated rings. The van der Waals surface area contributed by atoms with Crippen molar-refractivity contribution in [3.05, 3.63) is 30.5 Å². The zero-order valence-electron chi connectivity index (χ0n) is 18.4. The Balaban J connectivity index is 1.20. The molecule has 4 aromatic rings. The zero-order valence-corrected chi connectivity index (χ0v) is 20.0. The average Bonchev–Trinajstić information content (AvgIpc) is 3.46. The SMILES string of the molecule is CSc1nc(N2CCCCC2)c2cnn(CCNC(=O)CSc3nc4ccccc4o3)c2n1. The van der Waals surface area contributed by atoms with Gasteiger partial charge >= 0.3 is 0 Å². The number of hydrogen-bond acceptors (Lipinski definition) is 9. The second-order valence-electron chi connectivity index (χ2n) is 7.77. The molecule has 5 rings (SSSR count). The van der Waals surface area contributed by atoms with E-state index in [-0.39, 0.29) is 11.7 Å². The number of benzene rings is 1. The maximum Gasteiger partial charge on any atom is 0.257 e. The number of piperidine rings is 1. The van der Waals surface area contributed by atoms with E-state index in [4.69, 9.17) is 14.4 Å². The minimum Gasteiger partial charge on any atom is -0.431 e. The molecule has 1 saturated heterocycles. The minimum absolute atomic E-state index is 0.0767. The van der Waals surface area contributed by atoms with Gasteiger partial charge in [-0.2, -0.15) is 5.10 Å². The number of para-hydroxylation sites is 2. The van der Waals surface area contributed by atoms with Gasteiger partial charge in [0, 0.05) is 19.6 Å². The third-order valence-corrected chi connectivity index (χ3v) is 6.92. The second-order valence-corrected chi connectivity index (χ2v) is 9.47. The Hall–Kier alpha value is -2.79. The van der Waals surface area contributed by atoms with Crippen LogP contribution in [0, 0.1) is 0 Å². The van der Waals surface area contributed by atoms with Crippen molar-refractivity contribution in [2.45, 2.75) is 36.2 Å². The number of carbonyl (C=O) groups is 1. The third kappa shape index (κ3) is 4.93. The number of hydrogen-bond donors (Lipinski definition) is 1. The van der Waals surface area contributed by atoms with Crippen LogP contribution >= 0.6 is 23.5 Å². The van der Waals surface area contributed by atoms with Crippen molar-refractivity contribution in [2.24, 2.45) is 0 Å². The molecular formula is C22H25N7O2S2. The Labute approximate surface area is 199 Å². The first kappa shape index (κ1) is 22.0. The molecule has 11 heteroatoms. The lowest BCUT2D eigenvalue weighted by molar-refractivity contribution is -0.118. The largest absolute Gasteiger partial charge is 0.431 e. The predicted octanol–water partition coefficient (Wildman–Crippen LogP) is 3.59. The Bertz CT molecular complexity index is 1230. The summed E-state index contributed by atoms with van der Waals surface area (Å²) in [6, 6.07) is 7.56. The van der Waals surface area contributed by atoms with Crippen LogP contribution in [0.3, 0.4) is 0 Å². The monoisotopic (exact) mass is 483 g/mol. The number of amides is 1. The number of anilines is 1. The summed E-state index contributed by atoms with van der Waals surface area (Å²) in [5, 5.41) is 9.69. The quantitative estimate of drug-likeness (QED) is 0.297. The Morgan fingerprint density at radius 2 is 2.00 bits per heavy atom. The minimum atomic E-state index is -0.0767. The molecule has 1 amide bonds. The molecule has 0 radical (unpaired) electrons. The van der Waals surface area contributed by atoms with Gasteiger partial charge < -0.3 is 14.6 Å². The van der Waals surface area contributed by atoms with E-state index in [9.17, 15) is 4.79 Å². The van der Waals surface area contributed by atoms with Gasteiger partial charge in [-0.3, -0.25) is 4.79 Å². The molecule has 4 heterocycles. The fourth-order valence-electron chi connectivity index (χ4n) is 3.92. The summed E-state index contributed by atoms with van der Waals surface area (Å²) in [7, 11) is 0. The van der Waals surface area contributed by atoms with Gasteiger partial charge in [0.1, 0.15) is 11.3 Å². The topological polar surface area (TPSA) is 102 Å². The molecule has 0 spiro atoms. The van der Waals surface area contributed by atoms with E-state index in [2.05, 4.69) is 20.3 Å². The summed E-state index contributed by atoms with van der Waals surface area (Å²) in [4.78, 5) is 28.5. The number of thioether (sulfide) groups is 2. The maximum atomic E-state index is 12.3. The van der Waals surface area contributed by atoms with E-state index in [1.807, 2.05) is 41.4 Å². The number of rotatable bonds is 8. The van der Waals surface area contributed by atoms with Crippen molar-refractivity contribution >= 4 is 57.4 Å². The molecule has 0 bridgehead atoms. The molecule has 172 valence electrons. The van der Waals surface area contributed by atoms with Crippen molar-refractivity contribution in [1.29, 1.82) is 0 Å². The normalized spacial score (nSPS) is 14.3. The van der Waals surface area contributed by atoms with E-state index in [0.29, 0.717) is 18.3 Å². The van der Waals surface area contributed by atoms with Gasteiger partial charge in [0.2, 0.25) is 5.91 Å². The lowest BCUT2D eigenvalue weighted by Crippen LogP contribution is -2.30. The summed E-state index contributed by atoms with van der Waals surface area (Å²) in [6.07, 6.45) is 7.46. The van der Waals surface area contributed by atoms with E-state index in [1.54, 1.807) is 0 Å². The highest BCUT2D eigenvalue weighted by molar-refractivity contribution is 7.99. The summed E-state index contributed by atoms with van der Waals surface area (Å²) in [6.45, 7) is 3.02. The fourth-order valence-corrected chi connectivity index (χ4v) is 4.94. The smallest absolute Gasteiger partial charge is 0.257 e. The van der Waals surface area contributed by atoms with E-state index >= 15 is 0 Å². The Kier molecular flexibility index (Phi) is 6.68. The first-order valence-corrected chi connectivity index (χ1v) is 13.2. The fraction of sp³-hybridized carbons (Fsp3) is 0.409. The highest BCUT2D eigenvalue weighted by Gasteiger charge is 2.19. The molecule has 33 heavy (non-hydrogen) atoms. The Morgan fingerprint density at radius 3 is 2.82 bits per heavy atom. The number of aromatic nitrogens is 5. The molecule has 0 atom stereocenters. The number of nitrogens with zero attached hydrogens (tertiary/aromatic N) is 6. The number of oxazole rings is 1. The molecule has 1 aromatic carbocycles. The average molecular weight is 484 g/mol. The predicted molar refractivity (Wildman–Crippen MR) is 131 cm³/mol. The lowest BCUT2D eigenvalue weighted by Gasteiger charge is -2.28. The van der Waals surface area contributed by atoms with Crippen molar-refractivity contribution in [3.8, 4) is 0 Å². The number of nitrogens with one attached hydrogen (secondary N) is 1. The van der Waals surface area contributed by atoms with Crippen LogP contribution in [0.4, 0.5) is 5.82 Å². The van der Waals surface area contributed by atoms with Crippen molar-refractivity contribution in [3.63, 3.8) is 0 Å². The van der Waals surface area contributed by atoms with Crippen molar-refractivity contribution in [1.82, 2.24) is 30.0 Å². The van der Waals surface area contributed by atoms with Crippen LogP contribution in [0.5, 0.6) is 0 Å². The van der Waals surface area contributed by atoms with Crippen molar-refractivity contribution in [2.75, 3.05) is 36.5 Å². The van der Waals surface area contributed by atoms with Crippen LogP contribution in [0.2, 0.25) is 0 Å². The maximum absolute atomic E-state index is 12.3. The van der Waals surface area contributed by atoms with Crippen LogP contribution < -0.4 is 10.2 Å². The van der Waals surface area contributed by atoms with Crippen molar-refractivity contribution < 1.29 is 9.21 Å². The van der Waals surface area contributed by atoms with Gasteiger partial charge in [0.05, 0.1) is 23.9 Å². The van der Waals surface area contributed by atoms with Gasteiger partial charge in [-0.05, 0) is 37.7 Å². The highest BCUT2D eigenvalue weighted by Crippen LogP contribution is 2.28. The highest BCUT2D eigenvalue weighted by atomic mass is 32.2. The summed E-state index contributed by atoms with van der Waals surface area (Å²) in [5.74, 6) is 1.13. The Morgan fingerprint density at radius 1 is 1.15 bits per heavy atom. The van der Waals surface area contributed by atoms with E-state index in [1.165, 1.54) is 42.8 Å². The van der Waals surface area contributed by atoms with Crippen LogP contribution in [0.25, 0.3) is 22.1 Å². The van der Waals surface area contributed by atoms with Gasteiger partial charge in [0.25, 0.3) is 5.22 Å². The van der Waals surface area contributed by atoms with E-state index in [0.717, 1.165) is 46.2 Å². The first-order valence-electron chi connectivity index (χ1n) is 11.0. The van der Waals surface area contributed by atoms with Gasteiger partial charge in [0.15, 0.2) is 16.4 Å². The summed E-state index contributed by atoms with van der Waals surface area (Å²) in [5.41, 5.74) is 2.33. The summed E-state index contributed by atoms with van der Waals surface area (Å²) >= 11 is 2.82. The number of fused-ring (bicyclic) bond motifs is 2. The lowest BCUT2D eigenvalue weighted by atomic mass is 10.1. The molecule has 0 unspecified atom stereocenters. The summed E-state index contributed by atoms with van der Waals surface area (Å²) < 4.78 is 7.50. The molecule has 0 saturated carbocycles. The van der Waals surface area contributed by atoms with Gasteiger partial charge in [-0.25, -0.2) is 19.6 Å². The number of carbonyl (C=O) groups excluding carboxylic acids is 1. The van der Waals surface area contributed by atoms with Crippen LogP contribution in [-0.4, -0.2) is 62.3 Å². The molecule has 0 aliphatic carbocycles. The van der Waals surface area contributed by atoms with E-state index < -0.39 is 0 Å². The van der Waals surface area contributed by atoms with Gasteiger partial charge in [-0.1, -0.05) is 35.7 Å². The molecule has 1 aliphatic rings. The molecule has 1 aliphatic heterocycles. The van der Waals surface area contributed by atoms with Gasteiger partial charge in [-0.15, -0.1) is 0 Å². The second kappa shape index (κ2) is 10.0. The van der Waals surface area contributed by atoms with Crippen LogP contribution in [0.15, 0.2) is 45.3 Å².